The molecular weight excluding hydrogens is 122 g/mol. The van der Waals surface area contributed by atoms with Crippen molar-refractivity contribution in [1.29, 1.82) is 0 Å². The molecule has 0 aliphatic carbocycles. The van der Waals surface area contributed by atoms with Crippen LogP contribution in [0.5, 0.6) is 0 Å². The fraction of sp³-hybridized carbons (Fsp3) is 0.556. The molecule has 0 aromatic carbocycles. The Kier molecular flexibility index (Phi) is 2.69. The van der Waals surface area contributed by atoms with E-state index in [2.05, 4.69) is 24.9 Å². The molecule has 1 rings (SSSR count). The Balaban J connectivity index is 2.45. The van der Waals surface area contributed by atoms with Crippen LogP contribution in [0.4, 0.5) is 0 Å². The Labute approximate surface area is 62.8 Å². The van der Waals surface area contributed by atoms with Crippen molar-refractivity contribution in [2.75, 3.05) is 13.1 Å². The molecule has 1 heteroatoms. The number of allylic oxidation sites excluding steroid dienone is 2. The van der Waals surface area contributed by atoms with Gasteiger partial charge in [0.25, 0.3) is 0 Å². The molecule has 1 saturated heterocycles. The molecule has 0 saturated carbocycles. The maximum atomic E-state index is 3.85. The first-order chi connectivity index (χ1) is 4.79. The molecule has 1 nitrogen and oxygen atoms in total. The Morgan fingerprint density at radius 2 is 2.10 bits per heavy atom. The highest BCUT2D eigenvalue weighted by atomic mass is 14.9. The Hall–Kier alpha value is -0.560. The van der Waals surface area contributed by atoms with E-state index in [1.54, 1.807) is 5.57 Å². The van der Waals surface area contributed by atoms with Crippen molar-refractivity contribution >= 4 is 0 Å². The minimum Gasteiger partial charge on any atom is -0.316 e. The van der Waals surface area contributed by atoms with Gasteiger partial charge in [0.2, 0.25) is 0 Å². The van der Waals surface area contributed by atoms with Gasteiger partial charge in [0, 0.05) is 0 Å². The van der Waals surface area contributed by atoms with E-state index in [1.165, 1.54) is 18.4 Å². The zero-order valence-electron chi connectivity index (χ0n) is 6.61. The fourth-order valence-corrected chi connectivity index (χ4v) is 1.24. The molecule has 1 fully saturated rings. The van der Waals surface area contributed by atoms with Gasteiger partial charge in [-0.25, -0.2) is 0 Å². The standard InChI is InChI=1S/C9H15N/c1-8(2)7-9-3-5-10-6-4-9/h7,10H,1,3-6H2,2H3. The SMILES string of the molecule is C=C(C)C=C1CCNCC1. The van der Waals surface area contributed by atoms with Crippen LogP contribution < -0.4 is 5.32 Å². The summed E-state index contributed by atoms with van der Waals surface area (Å²) in [5.74, 6) is 0. The van der Waals surface area contributed by atoms with Crippen LogP contribution in [0.3, 0.4) is 0 Å². The zero-order valence-corrected chi connectivity index (χ0v) is 6.61. The molecule has 1 N–H and O–H groups in total. The second-order valence-corrected chi connectivity index (χ2v) is 2.90. The highest BCUT2D eigenvalue weighted by Crippen LogP contribution is 2.11. The van der Waals surface area contributed by atoms with Crippen LogP contribution in [0.2, 0.25) is 0 Å². The van der Waals surface area contributed by atoms with E-state index in [1.807, 2.05) is 0 Å². The van der Waals surface area contributed by atoms with Gasteiger partial charge >= 0.3 is 0 Å². The molecule has 0 aromatic rings. The van der Waals surface area contributed by atoms with E-state index >= 15 is 0 Å². The number of hydrogen-bond donors (Lipinski definition) is 1. The van der Waals surface area contributed by atoms with E-state index in [9.17, 15) is 0 Å². The number of nitrogens with one attached hydrogen (secondary N) is 1. The van der Waals surface area contributed by atoms with Crippen molar-refractivity contribution in [3.05, 3.63) is 23.8 Å². The van der Waals surface area contributed by atoms with Crippen LogP contribution in [0, 0.1) is 0 Å². The van der Waals surface area contributed by atoms with Crippen molar-refractivity contribution in [3.8, 4) is 0 Å². The molecule has 10 heavy (non-hydrogen) atoms. The third-order valence-corrected chi connectivity index (χ3v) is 1.70. The molecule has 0 bridgehead atoms. The summed E-state index contributed by atoms with van der Waals surface area (Å²) < 4.78 is 0. The average Bonchev–Trinajstić information content (AvgIpc) is 1.88. The molecule has 0 radical (unpaired) electrons. The molecule has 1 aliphatic rings. The smallest absolute Gasteiger partial charge is 0.00113 e. The maximum absolute atomic E-state index is 3.85. The molecule has 1 heterocycles. The molecule has 1 aliphatic heterocycles. The maximum Gasteiger partial charge on any atom is -0.00113 e. The van der Waals surface area contributed by atoms with Crippen LogP contribution in [0.15, 0.2) is 23.8 Å². The quantitative estimate of drug-likeness (QED) is 0.581. The van der Waals surface area contributed by atoms with Crippen molar-refractivity contribution in [2.24, 2.45) is 0 Å². The second-order valence-electron chi connectivity index (χ2n) is 2.90. The van der Waals surface area contributed by atoms with Crippen LogP contribution in [-0.2, 0) is 0 Å². The van der Waals surface area contributed by atoms with Gasteiger partial charge in [-0.05, 0) is 32.9 Å². The lowest BCUT2D eigenvalue weighted by molar-refractivity contribution is 0.609. The van der Waals surface area contributed by atoms with Crippen molar-refractivity contribution in [3.63, 3.8) is 0 Å². The van der Waals surface area contributed by atoms with Crippen molar-refractivity contribution in [1.82, 2.24) is 5.32 Å². The van der Waals surface area contributed by atoms with E-state index < -0.39 is 0 Å². The number of piperidine rings is 1. The van der Waals surface area contributed by atoms with Gasteiger partial charge in [0.1, 0.15) is 0 Å². The highest BCUT2D eigenvalue weighted by Gasteiger charge is 2.02. The van der Waals surface area contributed by atoms with E-state index in [4.69, 9.17) is 0 Å². The Bertz CT molecular complexity index is 148. The Morgan fingerprint density at radius 3 is 2.60 bits per heavy atom. The van der Waals surface area contributed by atoms with E-state index in [0.29, 0.717) is 0 Å². The van der Waals surface area contributed by atoms with Crippen molar-refractivity contribution < 1.29 is 0 Å². The lowest BCUT2D eigenvalue weighted by Crippen LogP contribution is -2.23. The minimum absolute atomic E-state index is 1.14. The molecule has 0 spiro atoms. The minimum atomic E-state index is 1.14. The largest absolute Gasteiger partial charge is 0.316 e. The van der Waals surface area contributed by atoms with Crippen LogP contribution in [0.1, 0.15) is 19.8 Å². The highest BCUT2D eigenvalue weighted by molar-refractivity contribution is 5.19. The normalized spacial score (nSPS) is 18.7. The van der Waals surface area contributed by atoms with Crippen LogP contribution >= 0.6 is 0 Å². The van der Waals surface area contributed by atoms with Gasteiger partial charge in [-0.1, -0.05) is 23.8 Å². The van der Waals surface area contributed by atoms with E-state index in [-0.39, 0.29) is 0 Å². The van der Waals surface area contributed by atoms with E-state index in [0.717, 1.165) is 13.1 Å². The lowest BCUT2D eigenvalue weighted by Gasteiger charge is -2.14. The molecule has 0 amide bonds. The predicted octanol–water partition coefficient (Wildman–Crippen LogP) is 1.87. The number of hydrogen-bond acceptors (Lipinski definition) is 1. The van der Waals surface area contributed by atoms with Gasteiger partial charge in [0.05, 0.1) is 0 Å². The summed E-state index contributed by atoms with van der Waals surface area (Å²) in [6, 6.07) is 0. The van der Waals surface area contributed by atoms with Gasteiger partial charge in [-0.3, -0.25) is 0 Å². The summed E-state index contributed by atoms with van der Waals surface area (Å²) in [7, 11) is 0. The summed E-state index contributed by atoms with van der Waals surface area (Å²) in [4.78, 5) is 0. The van der Waals surface area contributed by atoms with Gasteiger partial charge in [-0.2, -0.15) is 0 Å². The monoisotopic (exact) mass is 137 g/mol. The summed E-state index contributed by atoms with van der Waals surface area (Å²) >= 11 is 0. The topological polar surface area (TPSA) is 12.0 Å². The third kappa shape index (κ3) is 2.36. The number of rotatable bonds is 1. The predicted molar refractivity (Wildman–Crippen MR) is 45.0 cm³/mol. The molecule has 0 aromatic heterocycles. The zero-order chi connectivity index (χ0) is 7.40. The Morgan fingerprint density at radius 1 is 1.50 bits per heavy atom. The molecule has 56 valence electrons. The van der Waals surface area contributed by atoms with Crippen molar-refractivity contribution in [2.45, 2.75) is 19.8 Å². The summed E-state index contributed by atoms with van der Waals surface area (Å²) in [6.07, 6.45) is 4.61. The molecule has 0 unspecified atom stereocenters. The third-order valence-electron chi connectivity index (χ3n) is 1.70. The fourth-order valence-electron chi connectivity index (χ4n) is 1.24. The lowest BCUT2D eigenvalue weighted by atomic mass is 10.0. The molecule has 0 atom stereocenters. The van der Waals surface area contributed by atoms with Crippen LogP contribution in [0.25, 0.3) is 0 Å². The summed E-state index contributed by atoms with van der Waals surface area (Å²) in [5.41, 5.74) is 2.73. The first-order valence-electron chi connectivity index (χ1n) is 3.85. The van der Waals surface area contributed by atoms with Gasteiger partial charge < -0.3 is 5.32 Å². The summed E-state index contributed by atoms with van der Waals surface area (Å²) in [5, 5.41) is 3.32. The first kappa shape index (κ1) is 7.55. The second kappa shape index (κ2) is 3.57. The van der Waals surface area contributed by atoms with Gasteiger partial charge in [0.15, 0.2) is 0 Å². The van der Waals surface area contributed by atoms with Crippen LogP contribution in [-0.4, -0.2) is 13.1 Å². The average molecular weight is 137 g/mol. The van der Waals surface area contributed by atoms with Gasteiger partial charge in [-0.15, -0.1) is 0 Å². The first-order valence-corrected chi connectivity index (χ1v) is 3.85. The molecular formula is C9H15N. The summed E-state index contributed by atoms with van der Waals surface area (Å²) in [6.45, 7) is 8.18.